The number of hydrogen-bond acceptors (Lipinski definition) is 6. The summed E-state index contributed by atoms with van der Waals surface area (Å²) in [6, 6.07) is 14.3. The first-order valence-corrected chi connectivity index (χ1v) is 13.4. The molecule has 0 radical (unpaired) electrons. The maximum absolute atomic E-state index is 12.8. The Morgan fingerprint density at radius 2 is 1.88 bits per heavy atom. The maximum atomic E-state index is 12.8. The molecule has 1 aliphatic heterocycles. The Labute approximate surface area is 232 Å². The molecule has 3 heterocycles. The average Bonchev–Trinajstić information content (AvgIpc) is 2.91. The smallest absolute Gasteiger partial charge is 0.337 e. The molecule has 0 aliphatic carbocycles. The largest absolute Gasteiger partial charge is 0.493 e. The second-order valence-corrected chi connectivity index (χ2v) is 11.3. The van der Waals surface area contributed by atoms with E-state index in [-0.39, 0.29) is 0 Å². The molecule has 0 fully saturated rings. The van der Waals surface area contributed by atoms with Gasteiger partial charge in [0.2, 0.25) is 0 Å². The van der Waals surface area contributed by atoms with E-state index in [2.05, 4.69) is 22.1 Å². The SMILES string of the molecule is Cc1cc2cc(-c3cncnc3C)ccc2c(-c2ccc3c4c(ccnc24)CCO3)c1C(OC(C)(C)C)C(=O)O. The number of fused-ring (bicyclic) bond motifs is 1. The molecule has 0 bridgehead atoms. The van der Waals surface area contributed by atoms with Crippen molar-refractivity contribution in [2.75, 3.05) is 6.61 Å². The highest BCUT2D eigenvalue weighted by molar-refractivity contribution is 6.09. The molecule has 3 aromatic carbocycles. The lowest BCUT2D eigenvalue weighted by Gasteiger charge is -2.29. The van der Waals surface area contributed by atoms with Crippen LogP contribution in [0.3, 0.4) is 0 Å². The first-order chi connectivity index (χ1) is 19.1. The van der Waals surface area contributed by atoms with E-state index in [9.17, 15) is 9.90 Å². The van der Waals surface area contributed by atoms with Gasteiger partial charge < -0.3 is 14.6 Å². The molecule has 2 aromatic heterocycles. The van der Waals surface area contributed by atoms with Crippen molar-refractivity contribution < 1.29 is 19.4 Å². The summed E-state index contributed by atoms with van der Waals surface area (Å²) in [5.74, 6) is -0.236. The first-order valence-electron chi connectivity index (χ1n) is 13.4. The quantitative estimate of drug-likeness (QED) is 0.260. The molecule has 40 heavy (non-hydrogen) atoms. The van der Waals surface area contributed by atoms with Gasteiger partial charge in [-0.05, 0) is 91.9 Å². The van der Waals surface area contributed by atoms with Crippen LogP contribution in [-0.2, 0) is 16.0 Å². The second kappa shape index (κ2) is 9.68. The molecule has 1 atom stereocenters. The summed E-state index contributed by atoms with van der Waals surface area (Å²) in [5, 5.41) is 13.3. The minimum atomic E-state index is -1.18. The highest BCUT2D eigenvalue weighted by Crippen LogP contribution is 2.45. The zero-order valence-electron chi connectivity index (χ0n) is 23.3. The Morgan fingerprint density at radius 3 is 2.62 bits per heavy atom. The van der Waals surface area contributed by atoms with Crippen LogP contribution >= 0.6 is 0 Å². The summed E-state index contributed by atoms with van der Waals surface area (Å²) in [6.07, 6.45) is 4.81. The van der Waals surface area contributed by atoms with Gasteiger partial charge in [-0.1, -0.05) is 18.2 Å². The number of ether oxygens (including phenoxy) is 2. The average molecular weight is 534 g/mol. The molecule has 5 aromatic rings. The molecule has 1 aliphatic rings. The maximum Gasteiger partial charge on any atom is 0.337 e. The third-order valence-corrected chi connectivity index (χ3v) is 7.41. The van der Waals surface area contributed by atoms with Gasteiger partial charge in [0.25, 0.3) is 0 Å². The van der Waals surface area contributed by atoms with E-state index >= 15 is 0 Å². The molecule has 7 nitrogen and oxygen atoms in total. The van der Waals surface area contributed by atoms with Crippen LogP contribution in [0.5, 0.6) is 5.75 Å². The van der Waals surface area contributed by atoms with Gasteiger partial charge >= 0.3 is 5.97 Å². The van der Waals surface area contributed by atoms with E-state index in [4.69, 9.17) is 14.5 Å². The Bertz CT molecular complexity index is 1800. The summed E-state index contributed by atoms with van der Waals surface area (Å²) < 4.78 is 12.2. The molecule has 0 amide bonds. The van der Waals surface area contributed by atoms with Gasteiger partial charge in [-0.15, -0.1) is 0 Å². The van der Waals surface area contributed by atoms with E-state index in [1.807, 2.05) is 77.3 Å². The Hall–Kier alpha value is -4.36. The number of pyridine rings is 1. The van der Waals surface area contributed by atoms with Crippen molar-refractivity contribution in [3.8, 4) is 28.0 Å². The van der Waals surface area contributed by atoms with E-state index in [1.165, 1.54) is 5.56 Å². The number of carbonyl (C=O) groups is 1. The van der Waals surface area contributed by atoms with Gasteiger partial charge in [-0.2, -0.15) is 0 Å². The van der Waals surface area contributed by atoms with E-state index < -0.39 is 17.7 Å². The zero-order chi connectivity index (χ0) is 28.2. The molecule has 1 unspecified atom stereocenters. The van der Waals surface area contributed by atoms with Gasteiger partial charge in [0.15, 0.2) is 6.10 Å². The van der Waals surface area contributed by atoms with Crippen molar-refractivity contribution >= 4 is 27.6 Å². The Morgan fingerprint density at radius 1 is 1.05 bits per heavy atom. The van der Waals surface area contributed by atoms with Crippen LogP contribution in [0, 0.1) is 13.8 Å². The lowest BCUT2D eigenvalue weighted by atomic mass is 9.85. The van der Waals surface area contributed by atoms with Crippen LogP contribution in [-0.4, -0.2) is 38.2 Å². The molecule has 7 heteroatoms. The number of aliphatic carboxylic acids is 1. The van der Waals surface area contributed by atoms with Crippen molar-refractivity contribution in [1.82, 2.24) is 15.0 Å². The molecule has 6 rings (SSSR count). The molecule has 0 saturated heterocycles. The van der Waals surface area contributed by atoms with E-state index in [0.29, 0.717) is 12.2 Å². The fourth-order valence-corrected chi connectivity index (χ4v) is 5.72. The van der Waals surface area contributed by atoms with Crippen molar-refractivity contribution in [2.24, 2.45) is 0 Å². The molecule has 0 spiro atoms. The molecular weight excluding hydrogens is 502 g/mol. The van der Waals surface area contributed by atoms with Gasteiger partial charge in [0.05, 0.1) is 17.7 Å². The number of aryl methyl sites for hydroxylation is 2. The van der Waals surface area contributed by atoms with E-state index in [1.54, 1.807) is 6.33 Å². The number of hydrogen-bond donors (Lipinski definition) is 1. The normalized spacial score (nSPS) is 13.8. The standard InChI is InChI=1S/C33H31N3O4/c1-18-14-22-15-21(25-16-34-17-36-19(25)2)6-7-23(22)29(27(18)31(32(37)38)40-33(3,4)5)24-8-9-26-28-20(11-13-39-26)10-12-35-30(24)28/h6-10,12,14-17,31H,11,13H2,1-5H3,(H,37,38). The fourth-order valence-electron chi connectivity index (χ4n) is 5.72. The van der Waals surface area contributed by atoms with Crippen LogP contribution < -0.4 is 4.74 Å². The Balaban J connectivity index is 1.70. The fraction of sp³-hybridized carbons (Fsp3) is 0.273. The number of carboxylic acid groups (broad SMARTS) is 1. The molecule has 0 saturated carbocycles. The van der Waals surface area contributed by atoms with Crippen LogP contribution in [0.4, 0.5) is 0 Å². The minimum absolute atomic E-state index is 0.621. The lowest BCUT2D eigenvalue weighted by Crippen LogP contribution is -2.28. The number of benzene rings is 3. The zero-order valence-corrected chi connectivity index (χ0v) is 23.3. The van der Waals surface area contributed by atoms with Crippen LogP contribution in [0.2, 0.25) is 0 Å². The summed E-state index contributed by atoms with van der Waals surface area (Å²) in [4.78, 5) is 26.2. The van der Waals surface area contributed by atoms with Crippen molar-refractivity contribution in [1.29, 1.82) is 0 Å². The summed E-state index contributed by atoms with van der Waals surface area (Å²) in [6.45, 7) is 10.2. The number of rotatable bonds is 5. The number of aromatic nitrogens is 3. The topological polar surface area (TPSA) is 94.4 Å². The highest BCUT2D eigenvalue weighted by atomic mass is 16.5. The van der Waals surface area contributed by atoms with Crippen LogP contribution in [0.1, 0.15) is 49.3 Å². The van der Waals surface area contributed by atoms with Crippen LogP contribution in [0.15, 0.2) is 61.2 Å². The summed E-state index contributed by atoms with van der Waals surface area (Å²) >= 11 is 0. The van der Waals surface area contributed by atoms with Gasteiger partial charge in [0, 0.05) is 46.6 Å². The second-order valence-electron chi connectivity index (χ2n) is 11.3. The van der Waals surface area contributed by atoms with Crippen molar-refractivity contribution in [2.45, 2.75) is 52.7 Å². The van der Waals surface area contributed by atoms with Gasteiger partial charge in [-0.3, -0.25) is 4.98 Å². The summed E-state index contributed by atoms with van der Waals surface area (Å²) in [7, 11) is 0. The third kappa shape index (κ3) is 4.46. The first kappa shape index (κ1) is 25.9. The number of nitrogens with zero attached hydrogens (tertiary/aromatic N) is 3. The molecule has 202 valence electrons. The molecule has 1 N–H and O–H groups in total. The monoisotopic (exact) mass is 533 g/mol. The third-order valence-electron chi connectivity index (χ3n) is 7.41. The lowest BCUT2D eigenvalue weighted by molar-refractivity contribution is -0.160. The van der Waals surface area contributed by atoms with Gasteiger partial charge in [-0.25, -0.2) is 14.8 Å². The van der Waals surface area contributed by atoms with Crippen molar-refractivity contribution in [3.05, 3.63) is 83.6 Å². The van der Waals surface area contributed by atoms with Crippen molar-refractivity contribution in [3.63, 3.8) is 0 Å². The predicted octanol–water partition coefficient (Wildman–Crippen LogP) is 7.00. The molecular formula is C33H31N3O4. The predicted molar refractivity (Wildman–Crippen MR) is 156 cm³/mol. The highest BCUT2D eigenvalue weighted by Gasteiger charge is 2.32. The van der Waals surface area contributed by atoms with E-state index in [0.717, 1.165) is 67.4 Å². The number of carboxylic acids is 1. The summed E-state index contributed by atoms with van der Waals surface area (Å²) in [5.41, 5.74) is 7.23. The van der Waals surface area contributed by atoms with Crippen LogP contribution in [0.25, 0.3) is 43.9 Å². The minimum Gasteiger partial charge on any atom is -0.493 e. The van der Waals surface area contributed by atoms with Gasteiger partial charge in [0.1, 0.15) is 12.1 Å². The Kier molecular flexibility index (Phi) is 6.27.